The minimum atomic E-state index is -0.683. The van der Waals surface area contributed by atoms with Crippen LogP contribution in [0.3, 0.4) is 0 Å². The molecule has 0 atom stereocenters. The minimum Gasteiger partial charge on any atom is -0.497 e. The molecule has 0 saturated carbocycles. The van der Waals surface area contributed by atoms with Gasteiger partial charge in [-0.2, -0.15) is 5.10 Å². The van der Waals surface area contributed by atoms with Gasteiger partial charge in [0.05, 0.1) is 13.3 Å². The first-order valence-electron chi connectivity index (χ1n) is 4.36. The molecule has 0 unspecified atom stereocenters. The van der Waals surface area contributed by atoms with Crippen molar-refractivity contribution in [3.8, 4) is 5.75 Å². The van der Waals surface area contributed by atoms with Crippen LogP contribution in [0.5, 0.6) is 5.75 Å². The molecule has 0 spiro atoms. The van der Waals surface area contributed by atoms with Gasteiger partial charge in [-0.25, -0.2) is 10.2 Å². The lowest BCUT2D eigenvalue weighted by molar-refractivity contribution is 0.249. The maximum absolute atomic E-state index is 10.4. The molecule has 0 bridgehead atoms. The first kappa shape index (κ1) is 11.0. The van der Waals surface area contributed by atoms with Crippen molar-refractivity contribution in [2.24, 2.45) is 10.8 Å². The number of nitrogens with two attached hydrogens (primary N) is 1. The number of urea groups is 1. The first-order valence-corrected chi connectivity index (χ1v) is 4.36. The van der Waals surface area contributed by atoms with E-state index in [1.807, 2.05) is 25.1 Å². The summed E-state index contributed by atoms with van der Waals surface area (Å²) in [6.45, 7) is 1.92. The summed E-state index contributed by atoms with van der Waals surface area (Å²) in [7, 11) is 1.61. The van der Waals surface area contributed by atoms with Crippen LogP contribution in [-0.2, 0) is 0 Å². The van der Waals surface area contributed by atoms with Crippen LogP contribution in [0.4, 0.5) is 4.79 Å². The fourth-order valence-electron chi connectivity index (χ4n) is 1.09. The van der Waals surface area contributed by atoms with Crippen LogP contribution in [0.2, 0.25) is 0 Å². The van der Waals surface area contributed by atoms with E-state index in [1.54, 1.807) is 7.11 Å². The monoisotopic (exact) mass is 207 g/mol. The van der Waals surface area contributed by atoms with E-state index >= 15 is 0 Å². The molecule has 0 aliphatic carbocycles. The van der Waals surface area contributed by atoms with Crippen LogP contribution >= 0.6 is 0 Å². The molecule has 5 nitrogen and oxygen atoms in total. The molecule has 15 heavy (non-hydrogen) atoms. The van der Waals surface area contributed by atoms with Gasteiger partial charge in [0.15, 0.2) is 0 Å². The van der Waals surface area contributed by atoms with E-state index in [2.05, 4.69) is 10.5 Å². The smallest absolute Gasteiger partial charge is 0.332 e. The van der Waals surface area contributed by atoms with E-state index in [-0.39, 0.29) is 0 Å². The quantitative estimate of drug-likeness (QED) is 0.573. The standard InChI is InChI=1S/C10H13N3O2/c1-7-5-9(15-2)4-3-8(7)6-12-13-10(11)14/h3-6H,1-2H3,(H3,11,13,14). The van der Waals surface area contributed by atoms with Crippen LogP contribution in [0.1, 0.15) is 11.1 Å². The summed E-state index contributed by atoms with van der Waals surface area (Å²) in [5.74, 6) is 0.785. The van der Waals surface area contributed by atoms with Crippen molar-refractivity contribution in [3.63, 3.8) is 0 Å². The molecule has 0 saturated heterocycles. The van der Waals surface area contributed by atoms with Gasteiger partial charge in [0, 0.05) is 0 Å². The van der Waals surface area contributed by atoms with E-state index in [1.165, 1.54) is 6.21 Å². The lowest BCUT2D eigenvalue weighted by Gasteiger charge is -2.03. The Balaban J connectivity index is 2.78. The number of rotatable bonds is 3. The molecular formula is C10H13N3O2. The molecule has 0 aliphatic rings. The highest BCUT2D eigenvalue weighted by molar-refractivity contribution is 5.83. The minimum absolute atomic E-state index is 0.683. The zero-order valence-electron chi connectivity index (χ0n) is 8.65. The summed E-state index contributed by atoms with van der Waals surface area (Å²) in [6.07, 6.45) is 1.53. The molecule has 0 aromatic heterocycles. The third-order valence-corrected chi connectivity index (χ3v) is 1.86. The lowest BCUT2D eigenvalue weighted by Crippen LogP contribution is -2.24. The Hall–Kier alpha value is -2.04. The van der Waals surface area contributed by atoms with E-state index in [9.17, 15) is 4.79 Å². The molecule has 0 aliphatic heterocycles. The maximum Gasteiger partial charge on any atom is 0.332 e. The van der Waals surface area contributed by atoms with Crippen LogP contribution in [-0.4, -0.2) is 19.4 Å². The van der Waals surface area contributed by atoms with E-state index in [4.69, 9.17) is 10.5 Å². The van der Waals surface area contributed by atoms with Crippen LogP contribution < -0.4 is 15.9 Å². The number of hydrazone groups is 1. The number of methoxy groups -OCH3 is 1. The van der Waals surface area contributed by atoms with Crippen molar-refractivity contribution >= 4 is 12.2 Å². The second-order valence-electron chi connectivity index (χ2n) is 2.96. The number of nitrogens with one attached hydrogen (secondary N) is 1. The van der Waals surface area contributed by atoms with Crippen molar-refractivity contribution in [2.45, 2.75) is 6.92 Å². The zero-order valence-corrected chi connectivity index (χ0v) is 8.65. The topological polar surface area (TPSA) is 76.7 Å². The molecular weight excluding hydrogens is 194 g/mol. The Morgan fingerprint density at radius 2 is 2.33 bits per heavy atom. The number of carbonyl (C=O) groups is 1. The SMILES string of the molecule is COc1ccc(C=NNC(N)=O)c(C)c1. The van der Waals surface area contributed by atoms with Gasteiger partial charge in [-0.15, -0.1) is 0 Å². The number of ether oxygens (including phenoxy) is 1. The van der Waals surface area contributed by atoms with E-state index in [0.29, 0.717) is 0 Å². The molecule has 1 aromatic rings. The molecule has 3 N–H and O–H groups in total. The molecule has 2 amide bonds. The van der Waals surface area contributed by atoms with Crippen molar-refractivity contribution in [2.75, 3.05) is 7.11 Å². The van der Waals surface area contributed by atoms with Crippen LogP contribution in [0.25, 0.3) is 0 Å². The van der Waals surface area contributed by atoms with Gasteiger partial charge in [-0.05, 0) is 36.2 Å². The Morgan fingerprint density at radius 1 is 1.60 bits per heavy atom. The molecule has 80 valence electrons. The van der Waals surface area contributed by atoms with E-state index < -0.39 is 6.03 Å². The fraction of sp³-hybridized carbons (Fsp3) is 0.200. The number of amides is 2. The van der Waals surface area contributed by atoms with Gasteiger partial charge in [0.2, 0.25) is 0 Å². The number of hydrogen-bond donors (Lipinski definition) is 2. The van der Waals surface area contributed by atoms with Crippen molar-refractivity contribution in [1.29, 1.82) is 0 Å². The van der Waals surface area contributed by atoms with Gasteiger partial charge in [-0.3, -0.25) is 0 Å². The largest absolute Gasteiger partial charge is 0.497 e. The molecule has 0 heterocycles. The summed E-state index contributed by atoms with van der Waals surface area (Å²) in [4.78, 5) is 10.4. The first-order chi connectivity index (χ1) is 7.13. The van der Waals surface area contributed by atoms with Crippen LogP contribution in [0, 0.1) is 6.92 Å². The highest BCUT2D eigenvalue weighted by atomic mass is 16.5. The fourth-order valence-corrected chi connectivity index (χ4v) is 1.09. The third-order valence-electron chi connectivity index (χ3n) is 1.86. The lowest BCUT2D eigenvalue weighted by atomic mass is 10.1. The predicted octanol–water partition coefficient (Wildman–Crippen LogP) is 1.01. The van der Waals surface area contributed by atoms with E-state index in [0.717, 1.165) is 16.9 Å². The second kappa shape index (κ2) is 4.99. The number of carbonyl (C=O) groups excluding carboxylic acids is 1. The second-order valence-corrected chi connectivity index (χ2v) is 2.96. The number of nitrogens with zero attached hydrogens (tertiary/aromatic N) is 1. The summed E-state index contributed by atoms with van der Waals surface area (Å²) < 4.78 is 5.06. The number of hydrogen-bond acceptors (Lipinski definition) is 3. The highest BCUT2D eigenvalue weighted by Crippen LogP contribution is 2.15. The Kier molecular flexibility index (Phi) is 3.68. The summed E-state index contributed by atoms with van der Waals surface area (Å²) in [5, 5.41) is 3.67. The highest BCUT2D eigenvalue weighted by Gasteiger charge is 1.97. The van der Waals surface area contributed by atoms with Gasteiger partial charge < -0.3 is 10.5 Å². The molecule has 0 fully saturated rings. The van der Waals surface area contributed by atoms with Crippen molar-refractivity contribution in [3.05, 3.63) is 29.3 Å². The zero-order chi connectivity index (χ0) is 11.3. The van der Waals surface area contributed by atoms with Gasteiger partial charge >= 0.3 is 6.03 Å². The molecule has 1 rings (SSSR count). The van der Waals surface area contributed by atoms with Gasteiger partial charge in [0.1, 0.15) is 5.75 Å². The van der Waals surface area contributed by atoms with Crippen molar-refractivity contribution in [1.82, 2.24) is 5.43 Å². The molecule has 5 heteroatoms. The molecule has 0 radical (unpaired) electrons. The predicted molar refractivity (Wildman–Crippen MR) is 58.0 cm³/mol. The number of aryl methyl sites for hydroxylation is 1. The molecule has 1 aromatic carbocycles. The third kappa shape index (κ3) is 3.30. The maximum atomic E-state index is 10.4. The Bertz CT molecular complexity index is 388. The average Bonchev–Trinajstić information content (AvgIpc) is 2.20. The van der Waals surface area contributed by atoms with Gasteiger partial charge in [-0.1, -0.05) is 0 Å². The Morgan fingerprint density at radius 3 is 2.87 bits per heavy atom. The summed E-state index contributed by atoms with van der Waals surface area (Å²) in [5.41, 5.74) is 8.88. The normalized spacial score (nSPS) is 10.3. The van der Waals surface area contributed by atoms with Gasteiger partial charge in [0.25, 0.3) is 0 Å². The van der Waals surface area contributed by atoms with Crippen LogP contribution in [0.15, 0.2) is 23.3 Å². The number of primary amides is 1. The number of benzene rings is 1. The Labute approximate surface area is 87.9 Å². The summed E-state index contributed by atoms with van der Waals surface area (Å²) in [6, 6.07) is 4.86. The average molecular weight is 207 g/mol. The van der Waals surface area contributed by atoms with Crippen molar-refractivity contribution < 1.29 is 9.53 Å². The summed E-state index contributed by atoms with van der Waals surface area (Å²) >= 11 is 0.